The summed E-state index contributed by atoms with van der Waals surface area (Å²) in [5.74, 6) is -0.935. The average molecular weight is 246 g/mol. The van der Waals surface area contributed by atoms with Crippen LogP contribution in [-0.2, 0) is 4.79 Å². The van der Waals surface area contributed by atoms with E-state index >= 15 is 0 Å². The van der Waals surface area contributed by atoms with Crippen molar-refractivity contribution in [1.82, 2.24) is 0 Å². The molecule has 13 heavy (non-hydrogen) atoms. The number of carboxylic acid groups (broad SMARTS) is 1. The first-order valence-electron chi connectivity index (χ1n) is 2.89. The monoisotopic (exact) mass is 244 g/mol. The van der Waals surface area contributed by atoms with Gasteiger partial charge in [-0.05, 0) is 12.5 Å². The molecule has 76 valence electrons. The molecule has 2 nitrogen and oxygen atoms in total. The summed E-state index contributed by atoms with van der Waals surface area (Å²) in [6.07, 6.45) is 0. The molecular weight excluding hydrogens is 234 g/mol. The third kappa shape index (κ3) is 83.4. The Morgan fingerprint density at radius 3 is 1.46 bits per heavy atom. The summed E-state index contributed by atoms with van der Waals surface area (Å²) in [5, 5.41) is 7.89. The van der Waals surface area contributed by atoms with Crippen molar-refractivity contribution in [2.75, 3.05) is 0 Å². The van der Waals surface area contributed by atoms with E-state index in [1.165, 1.54) is 12.5 Å². The van der Waals surface area contributed by atoms with E-state index in [0.717, 1.165) is 0 Å². The molecule has 1 N–H and O–H groups in total. The average Bonchev–Trinajstić information content (AvgIpc) is 1.87. The topological polar surface area (TPSA) is 37.3 Å². The Morgan fingerprint density at radius 1 is 1.38 bits per heavy atom. The third-order valence-corrected chi connectivity index (χ3v) is 0.365. The highest BCUT2D eigenvalue weighted by atomic mass is 35.5. The summed E-state index contributed by atoms with van der Waals surface area (Å²) in [6.45, 7) is 10.8. The highest BCUT2D eigenvalue weighted by Gasteiger charge is 1.90. The Balaban J connectivity index is -0.000000125. The minimum absolute atomic E-state index is 0.111. The summed E-state index contributed by atoms with van der Waals surface area (Å²) in [5.41, 5.74) is 1.40. The van der Waals surface area contributed by atoms with Gasteiger partial charge in [-0.3, -0.25) is 0 Å². The van der Waals surface area contributed by atoms with E-state index in [1.54, 1.807) is 0 Å². The SMILES string of the molecule is C=C(C)C(=O)O.C=C(Cl)Cl.C=CCl. The second-order valence-corrected chi connectivity index (χ2v) is 2.99. The zero-order valence-corrected chi connectivity index (χ0v) is 9.46. The number of carbonyl (C=O) groups is 1. The van der Waals surface area contributed by atoms with Gasteiger partial charge in [-0.25, -0.2) is 4.79 Å². The molecular formula is C8H11Cl3O2. The first-order valence-corrected chi connectivity index (χ1v) is 4.08. The van der Waals surface area contributed by atoms with Gasteiger partial charge in [-0.1, -0.05) is 54.5 Å². The number of aliphatic carboxylic acids is 1. The first-order chi connectivity index (χ1) is 5.79. The van der Waals surface area contributed by atoms with Gasteiger partial charge in [0, 0.05) is 5.57 Å². The molecule has 0 heterocycles. The quantitative estimate of drug-likeness (QED) is 0.710. The lowest BCUT2D eigenvalue weighted by Gasteiger charge is -1.79. The Morgan fingerprint density at radius 2 is 1.46 bits per heavy atom. The van der Waals surface area contributed by atoms with Crippen LogP contribution in [-0.4, -0.2) is 11.1 Å². The van der Waals surface area contributed by atoms with Crippen LogP contribution in [0.2, 0.25) is 0 Å². The van der Waals surface area contributed by atoms with Crippen molar-refractivity contribution in [2.45, 2.75) is 6.92 Å². The molecule has 0 aromatic heterocycles. The minimum Gasteiger partial charge on any atom is -0.478 e. The van der Waals surface area contributed by atoms with Gasteiger partial charge in [0.2, 0.25) is 0 Å². The van der Waals surface area contributed by atoms with Gasteiger partial charge < -0.3 is 5.11 Å². The van der Waals surface area contributed by atoms with Gasteiger partial charge >= 0.3 is 5.97 Å². The molecule has 0 unspecified atom stereocenters. The third-order valence-electron chi connectivity index (χ3n) is 0.365. The second-order valence-electron chi connectivity index (χ2n) is 1.58. The van der Waals surface area contributed by atoms with Gasteiger partial charge in [0.1, 0.15) is 0 Å². The second kappa shape index (κ2) is 14.1. The zero-order chi connectivity index (χ0) is 11.4. The predicted octanol–water partition coefficient (Wildman–Crippen LogP) is 3.95. The molecule has 0 radical (unpaired) electrons. The summed E-state index contributed by atoms with van der Waals surface area (Å²) in [4.78, 5) is 9.60. The molecule has 0 fully saturated rings. The molecule has 0 aliphatic rings. The van der Waals surface area contributed by atoms with E-state index < -0.39 is 5.97 Å². The van der Waals surface area contributed by atoms with Crippen molar-refractivity contribution < 1.29 is 9.90 Å². The fraction of sp³-hybridized carbons (Fsp3) is 0.125. The highest BCUT2D eigenvalue weighted by molar-refractivity contribution is 6.55. The van der Waals surface area contributed by atoms with Gasteiger partial charge in [0.25, 0.3) is 0 Å². The zero-order valence-electron chi connectivity index (χ0n) is 7.19. The maximum absolute atomic E-state index is 9.60. The highest BCUT2D eigenvalue weighted by Crippen LogP contribution is 1.98. The van der Waals surface area contributed by atoms with Crippen LogP contribution in [0.25, 0.3) is 0 Å². The molecule has 0 aromatic rings. The van der Waals surface area contributed by atoms with E-state index in [4.69, 9.17) is 39.9 Å². The van der Waals surface area contributed by atoms with Crippen molar-refractivity contribution in [2.24, 2.45) is 0 Å². The van der Waals surface area contributed by atoms with Crippen molar-refractivity contribution in [3.63, 3.8) is 0 Å². The van der Waals surface area contributed by atoms with Crippen LogP contribution in [0.4, 0.5) is 0 Å². The van der Waals surface area contributed by atoms with Crippen LogP contribution in [0.1, 0.15) is 6.92 Å². The lowest BCUT2D eigenvalue weighted by Crippen LogP contribution is -1.92. The molecule has 0 aliphatic heterocycles. The number of halogens is 3. The molecule has 0 spiro atoms. The maximum Gasteiger partial charge on any atom is 0.330 e. The Labute approximate surface area is 93.1 Å². The molecule has 0 aliphatic carbocycles. The lowest BCUT2D eigenvalue weighted by molar-refractivity contribution is -0.132. The van der Waals surface area contributed by atoms with Crippen molar-refractivity contribution in [3.8, 4) is 0 Å². The molecule has 0 atom stereocenters. The molecule has 0 saturated heterocycles. The fourth-order valence-corrected chi connectivity index (χ4v) is 0. The largest absolute Gasteiger partial charge is 0.478 e. The number of hydrogen-bond acceptors (Lipinski definition) is 1. The van der Waals surface area contributed by atoms with E-state index in [-0.39, 0.29) is 10.1 Å². The Hall–Kier alpha value is -0.440. The Kier molecular flexibility index (Phi) is 19.9. The van der Waals surface area contributed by atoms with E-state index in [1.807, 2.05) is 0 Å². The predicted molar refractivity (Wildman–Crippen MR) is 59.3 cm³/mol. The fourth-order valence-electron chi connectivity index (χ4n) is 0. The molecule has 0 aromatic carbocycles. The van der Waals surface area contributed by atoms with Gasteiger partial charge in [-0.2, -0.15) is 0 Å². The summed E-state index contributed by atoms with van der Waals surface area (Å²) in [6, 6.07) is 0. The number of hydrogen-bond donors (Lipinski definition) is 1. The standard InChI is InChI=1S/C4H6O2.C2H2Cl2.C2H3Cl/c1-3(2)4(5)6;1-2(3)4;1-2-3/h1H2,2H3,(H,5,6);1H2;2H,1H2. The molecule has 0 rings (SSSR count). The Bertz CT molecular complexity index is 172. The van der Waals surface area contributed by atoms with Crippen LogP contribution in [0.15, 0.2) is 35.3 Å². The van der Waals surface area contributed by atoms with Gasteiger partial charge in [-0.15, -0.1) is 0 Å². The van der Waals surface area contributed by atoms with Crippen LogP contribution in [0.3, 0.4) is 0 Å². The molecule has 0 saturated carbocycles. The summed E-state index contributed by atoms with van der Waals surface area (Å²) >= 11 is 14.5. The number of carboxylic acids is 1. The van der Waals surface area contributed by atoms with Gasteiger partial charge in [0.05, 0.1) is 4.49 Å². The maximum atomic E-state index is 9.60. The molecule has 0 amide bonds. The van der Waals surface area contributed by atoms with Gasteiger partial charge in [0.15, 0.2) is 0 Å². The van der Waals surface area contributed by atoms with Crippen LogP contribution < -0.4 is 0 Å². The lowest BCUT2D eigenvalue weighted by atomic mass is 10.4. The van der Waals surface area contributed by atoms with Crippen molar-refractivity contribution in [3.05, 3.63) is 35.3 Å². The first kappa shape index (κ1) is 18.4. The van der Waals surface area contributed by atoms with Crippen molar-refractivity contribution in [1.29, 1.82) is 0 Å². The molecule has 0 bridgehead atoms. The van der Waals surface area contributed by atoms with E-state index in [2.05, 4.69) is 19.7 Å². The normalized spacial score (nSPS) is 6.46. The van der Waals surface area contributed by atoms with E-state index in [0.29, 0.717) is 0 Å². The van der Waals surface area contributed by atoms with Crippen molar-refractivity contribution >= 4 is 40.8 Å². The minimum atomic E-state index is -0.935. The summed E-state index contributed by atoms with van der Waals surface area (Å²) < 4.78 is 0.111. The summed E-state index contributed by atoms with van der Waals surface area (Å²) in [7, 11) is 0. The van der Waals surface area contributed by atoms with Crippen LogP contribution in [0.5, 0.6) is 0 Å². The van der Waals surface area contributed by atoms with E-state index in [9.17, 15) is 4.79 Å². The molecule has 5 heteroatoms. The van der Waals surface area contributed by atoms with Crippen LogP contribution in [0, 0.1) is 0 Å². The smallest absolute Gasteiger partial charge is 0.330 e. The van der Waals surface area contributed by atoms with Crippen LogP contribution >= 0.6 is 34.8 Å². The number of rotatable bonds is 1.